The zero-order chi connectivity index (χ0) is 12.1. The number of aryl methyl sites for hydroxylation is 1. The first-order valence-electron chi connectivity index (χ1n) is 5.81. The topological polar surface area (TPSA) is 37.8 Å². The summed E-state index contributed by atoms with van der Waals surface area (Å²) in [5.74, 6) is 2.53. The Hall–Kier alpha value is -0.390. The lowest BCUT2D eigenvalue weighted by atomic mass is 10.1. The highest BCUT2D eigenvalue weighted by Gasteiger charge is 2.11. The Kier molecular flexibility index (Phi) is 5.44. The van der Waals surface area contributed by atoms with Crippen LogP contribution in [0.15, 0.2) is 0 Å². The minimum Gasteiger partial charge on any atom is -0.372 e. The predicted molar refractivity (Wildman–Crippen MR) is 76.8 cm³/mol. The summed E-state index contributed by atoms with van der Waals surface area (Å²) in [5.41, 5.74) is 1.18. The largest absolute Gasteiger partial charge is 0.372 e. The fourth-order valence-corrected chi connectivity index (χ4v) is 2.35. The molecule has 0 amide bonds. The van der Waals surface area contributed by atoms with Gasteiger partial charge in [-0.05, 0) is 34.9 Å². The van der Waals surface area contributed by atoms with Gasteiger partial charge in [0.25, 0.3) is 0 Å². The van der Waals surface area contributed by atoms with Gasteiger partial charge in [-0.15, -0.1) is 0 Å². The van der Waals surface area contributed by atoms with Crippen LogP contribution in [0.5, 0.6) is 0 Å². The Bertz CT molecular complexity index is 350. The number of nitrogens with one attached hydrogen (secondary N) is 1. The van der Waals surface area contributed by atoms with E-state index in [1.54, 1.807) is 0 Å². The number of aromatic nitrogens is 2. The average molecular weight is 333 g/mol. The van der Waals surface area contributed by atoms with E-state index < -0.39 is 0 Å². The van der Waals surface area contributed by atoms with Gasteiger partial charge in [-0.3, -0.25) is 0 Å². The van der Waals surface area contributed by atoms with Crippen LogP contribution in [-0.2, 0) is 12.8 Å². The van der Waals surface area contributed by atoms with Crippen LogP contribution in [0.3, 0.4) is 0 Å². The molecule has 1 N–H and O–H groups in total. The van der Waals surface area contributed by atoms with Crippen LogP contribution in [0.4, 0.5) is 5.82 Å². The van der Waals surface area contributed by atoms with Crippen molar-refractivity contribution < 1.29 is 0 Å². The SMILES string of the molecule is CCCc1nc(CC(C)C)nc(NC)c1I. The van der Waals surface area contributed by atoms with Crippen LogP contribution in [-0.4, -0.2) is 17.0 Å². The molecule has 0 bridgehead atoms. The van der Waals surface area contributed by atoms with Gasteiger partial charge in [0.15, 0.2) is 0 Å². The third-order valence-electron chi connectivity index (χ3n) is 2.28. The summed E-state index contributed by atoms with van der Waals surface area (Å²) in [5, 5.41) is 3.15. The quantitative estimate of drug-likeness (QED) is 0.841. The maximum absolute atomic E-state index is 4.65. The van der Waals surface area contributed by atoms with Gasteiger partial charge in [0, 0.05) is 13.5 Å². The molecule has 0 aromatic carbocycles. The molecule has 1 heterocycles. The second-order valence-electron chi connectivity index (χ2n) is 4.35. The smallest absolute Gasteiger partial charge is 0.143 e. The van der Waals surface area contributed by atoms with E-state index in [1.807, 2.05) is 7.05 Å². The molecule has 90 valence electrons. The molecule has 0 spiro atoms. The Balaban J connectivity index is 3.07. The number of rotatable bonds is 5. The van der Waals surface area contributed by atoms with E-state index in [0.29, 0.717) is 5.92 Å². The summed E-state index contributed by atoms with van der Waals surface area (Å²) in [6.07, 6.45) is 3.10. The second-order valence-corrected chi connectivity index (χ2v) is 5.43. The molecule has 1 aromatic heterocycles. The van der Waals surface area contributed by atoms with Gasteiger partial charge in [0.1, 0.15) is 11.6 Å². The van der Waals surface area contributed by atoms with Crippen LogP contribution in [0.1, 0.15) is 38.7 Å². The summed E-state index contributed by atoms with van der Waals surface area (Å²) in [7, 11) is 1.92. The molecular formula is C12H20IN3. The van der Waals surface area contributed by atoms with Gasteiger partial charge in [0.05, 0.1) is 9.26 Å². The molecule has 0 saturated carbocycles. The predicted octanol–water partition coefficient (Wildman–Crippen LogP) is 3.27. The highest BCUT2D eigenvalue weighted by atomic mass is 127. The van der Waals surface area contributed by atoms with Gasteiger partial charge in [-0.1, -0.05) is 27.2 Å². The van der Waals surface area contributed by atoms with E-state index in [2.05, 4.69) is 58.6 Å². The van der Waals surface area contributed by atoms with Crippen molar-refractivity contribution in [2.24, 2.45) is 5.92 Å². The first-order chi connectivity index (χ1) is 7.58. The van der Waals surface area contributed by atoms with E-state index in [4.69, 9.17) is 0 Å². The Morgan fingerprint density at radius 3 is 2.50 bits per heavy atom. The summed E-state index contributed by atoms with van der Waals surface area (Å²) in [6, 6.07) is 0. The number of nitrogens with zero attached hydrogens (tertiary/aromatic N) is 2. The standard InChI is InChI=1S/C12H20IN3/c1-5-6-9-11(13)12(14-4)16-10(15-9)7-8(2)3/h8H,5-7H2,1-4H3,(H,14,15,16). The van der Waals surface area contributed by atoms with Crippen molar-refractivity contribution in [2.75, 3.05) is 12.4 Å². The summed E-state index contributed by atoms with van der Waals surface area (Å²) < 4.78 is 1.16. The summed E-state index contributed by atoms with van der Waals surface area (Å²) >= 11 is 2.33. The Labute approximate surface area is 112 Å². The third-order valence-corrected chi connectivity index (χ3v) is 3.41. The van der Waals surface area contributed by atoms with E-state index in [0.717, 1.165) is 34.5 Å². The maximum Gasteiger partial charge on any atom is 0.143 e. The average Bonchev–Trinajstić information content (AvgIpc) is 2.22. The molecule has 0 atom stereocenters. The van der Waals surface area contributed by atoms with Crippen molar-refractivity contribution in [3.63, 3.8) is 0 Å². The van der Waals surface area contributed by atoms with Gasteiger partial charge >= 0.3 is 0 Å². The molecule has 1 aromatic rings. The summed E-state index contributed by atoms with van der Waals surface area (Å²) in [6.45, 7) is 6.57. The lowest BCUT2D eigenvalue weighted by Crippen LogP contribution is -2.09. The number of hydrogen-bond donors (Lipinski definition) is 1. The van der Waals surface area contributed by atoms with Crippen molar-refractivity contribution in [3.8, 4) is 0 Å². The molecular weight excluding hydrogens is 313 g/mol. The molecule has 4 heteroatoms. The van der Waals surface area contributed by atoms with Crippen molar-refractivity contribution in [3.05, 3.63) is 15.1 Å². The van der Waals surface area contributed by atoms with Crippen molar-refractivity contribution in [1.82, 2.24) is 9.97 Å². The monoisotopic (exact) mass is 333 g/mol. The fraction of sp³-hybridized carbons (Fsp3) is 0.667. The van der Waals surface area contributed by atoms with Crippen LogP contribution in [0, 0.1) is 9.49 Å². The maximum atomic E-state index is 4.65. The van der Waals surface area contributed by atoms with Crippen LogP contribution >= 0.6 is 22.6 Å². The fourth-order valence-electron chi connectivity index (χ4n) is 1.57. The zero-order valence-corrected chi connectivity index (χ0v) is 12.6. The molecule has 0 aliphatic heterocycles. The molecule has 0 fully saturated rings. The normalized spacial score (nSPS) is 10.9. The number of anilines is 1. The number of halogens is 1. The molecule has 0 saturated heterocycles. The molecule has 16 heavy (non-hydrogen) atoms. The van der Waals surface area contributed by atoms with E-state index in [1.165, 1.54) is 5.69 Å². The molecule has 0 aliphatic carbocycles. The van der Waals surface area contributed by atoms with Gasteiger partial charge < -0.3 is 5.32 Å². The first-order valence-corrected chi connectivity index (χ1v) is 6.89. The van der Waals surface area contributed by atoms with Crippen LogP contribution in [0.2, 0.25) is 0 Å². The van der Waals surface area contributed by atoms with Crippen molar-refractivity contribution in [2.45, 2.75) is 40.0 Å². The van der Waals surface area contributed by atoms with Gasteiger partial charge in [0.2, 0.25) is 0 Å². The van der Waals surface area contributed by atoms with Gasteiger partial charge in [-0.25, -0.2) is 9.97 Å². The second kappa shape index (κ2) is 6.37. The Morgan fingerprint density at radius 1 is 1.31 bits per heavy atom. The van der Waals surface area contributed by atoms with Gasteiger partial charge in [-0.2, -0.15) is 0 Å². The molecule has 0 aliphatic rings. The Morgan fingerprint density at radius 2 is 2.00 bits per heavy atom. The summed E-state index contributed by atoms with van der Waals surface area (Å²) in [4.78, 5) is 9.20. The molecule has 1 rings (SSSR count). The molecule has 3 nitrogen and oxygen atoms in total. The zero-order valence-electron chi connectivity index (χ0n) is 10.5. The van der Waals surface area contributed by atoms with Crippen molar-refractivity contribution in [1.29, 1.82) is 0 Å². The molecule has 0 unspecified atom stereocenters. The minimum atomic E-state index is 0.597. The highest BCUT2D eigenvalue weighted by molar-refractivity contribution is 14.1. The lowest BCUT2D eigenvalue weighted by molar-refractivity contribution is 0.616. The minimum absolute atomic E-state index is 0.597. The molecule has 0 radical (unpaired) electrons. The van der Waals surface area contributed by atoms with Crippen molar-refractivity contribution >= 4 is 28.4 Å². The third kappa shape index (κ3) is 3.57. The number of hydrogen-bond acceptors (Lipinski definition) is 3. The highest BCUT2D eigenvalue weighted by Crippen LogP contribution is 2.20. The van der Waals surface area contributed by atoms with Crippen LogP contribution < -0.4 is 5.32 Å². The first kappa shape index (κ1) is 13.7. The van der Waals surface area contributed by atoms with E-state index in [9.17, 15) is 0 Å². The van der Waals surface area contributed by atoms with E-state index in [-0.39, 0.29) is 0 Å². The van der Waals surface area contributed by atoms with E-state index >= 15 is 0 Å². The lowest BCUT2D eigenvalue weighted by Gasteiger charge is -2.11. The van der Waals surface area contributed by atoms with Crippen LogP contribution in [0.25, 0.3) is 0 Å².